The highest BCUT2D eigenvalue weighted by Gasteiger charge is 2.25. The van der Waals surface area contributed by atoms with E-state index in [2.05, 4.69) is 4.98 Å². The first kappa shape index (κ1) is 17.4. The lowest BCUT2D eigenvalue weighted by atomic mass is 10.2. The van der Waals surface area contributed by atoms with Gasteiger partial charge in [-0.25, -0.2) is 9.78 Å². The molecule has 25 heavy (non-hydrogen) atoms. The summed E-state index contributed by atoms with van der Waals surface area (Å²) in [5, 5.41) is 0. The van der Waals surface area contributed by atoms with E-state index in [9.17, 15) is 14.4 Å². The number of aryl methyl sites for hydroxylation is 2. The van der Waals surface area contributed by atoms with Crippen molar-refractivity contribution in [2.24, 2.45) is 14.1 Å². The van der Waals surface area contributed by atoms with E-state index in [0.29, 0.717) is 30.8 Å². The third-order valence-corrected chi connectivity index (χ3v) is 4.56. The number of hydrogen-bond donors (Lipinski definition) is 0. The van der Waals surface area contributed by atoms with Gasteiger partial charge in [0.05, 0.1) is 18.5 Å². The van der Waals surface area contributed by atoms with Crippen molar-refractivity contribution in [2.75, 3.05) is 13.1 Å². The molecule has 1 aliphatic heterocycles. The standard InChI is InChI=1S/C16H23N5O4/c1-10-7-21(8-11(2)25-10)12(22)5-6-20-9-17-14-13(20)15(23)19(4)16(24)18(14)3/h9-11H,5-8H2,1-4H3. The molecule has 2 atom stereocenters. The minimum Gasteiger partial charge on any atom is -0.372 e. The van der Waals surface area contributed by atoms with E-state index >= 15 is 0 Å². The first-order chi connectivity index (χ1) is 11.8. The second kappa shape index (κ2) is 6.47. The van der Waals surface area contributed by atoms with Crippen LogP contribution in [0.25, 0.3) is 11.2 Å². The van der Waals surface area contributed by atoms with Gasteiger partial charge in [-0.3, -0.25) is 18.7 Å². The van der Waals surface area contributed by atoms with Crippen LogP contribution in [0.2, 0.25) is 0 Å². The molecule has 0 aromatic carbocycles. The molecule has 0 spiro atoms. The van der Waals surface area contributed by atoms with E-state index in [4.69, 9.17) is 4.74 Å². The summed E-state index contributed by atoms with van der Waals surface area (Å²) >= 11 is 0. The smallest absolute Gasteiger partial charge is 0.332 e. The van der Waals surface area contributed by atoms with Crippen LogP contribution in [-0.2, 0) is 30.2 Å². The number of morpholine rings is 1. The van der Waals surface area contributed by atoms with Gasteiger partial charge in [0, 0.05) is 40.2 Å². The molecule has 3 rings (SSSR count). The Morgan fingerprint density at radius 1 is 1.20 bits per heavy atom. The highest BCUT2D eigenvalue weighted by atomic mass is 16.5. The van der Waals surface area contributed by atoms with Gasteiger partial charge in [0.2, 0.25) is 5.91 Å². The van der Waals surface area contributed by atoms with Gasteiger partial charge in [-0.15, -0.1) is 0 Å². The van der Waals surface area contributed by atoms with E-state index in [0.717, 1.165) is 4.57 Å². The Hall–Kier alpha value is -2.42. The van der Waals surface area contributed by atoms with E-state index in [1.54, 1.807) is 16.5 Å². The molecule has 2 unspecified atom stereocenters. The summed E-state index contributed by atoms with van der Waals surface area (Å²) in [7, 11) is 3.01. The van der Waals surface area contributed by atoms with Crippen molar-refractivity contribution in [3.63, 3.8) is 0 Å². The molecule has 0 N–H and O–H groups in total. The van der Waals surface area contributed by atoms with Crippen LogP contribution in [0.4, 0.5) is 0 Å². The van der Waals surface area contributed by atoms with E-state index in [1.807, 2.05) is 13.8 Å². The lowest BCUT2D eigenvalue weighted by Crippen LogP contribution is -2.48. The van der Waals surface area contributed by atoms with Crippen LogP contribution in [0.1, 0.15) is 20.3 Å². The molecule has 1 aliphatic rings. The summed E-state index contributed by atoms with van der Waals surface area (Å²) in [6.07, 6.45) is 1.80. The van der Waals surface area contributed by atoms with Crippen molar-refractivity contribution in [3.8, 4) is 0 Å². The number of nitrogens with zero attached hydrogens (tertiary/aromatic N) is 5. The predicted octanol–water partition coefficient (Wildman–Crippen LogP) is -0.540. The van der Waals surface area contributed by atoms with Crippen molar-refractivity contribution in [2.45, 2.75) is 39.0 Å². The average Bonchev–Trinajstić information content (AvgIpc) is 2.99. The Morgan fingerprint density at radius 3 is 2.48 bits per heavy atom. The zero-order valence-corrected chi connectivity index (χ0v) is 14.9. The van der Waals surface area contributed by atoms with Gasteiger partial charge in [0.25, 0.3) is 5.56 Å². The zero-order valence-electron chi connectivity index (χ0n) is 14.9. The molecule has 1 saturated heterocycles. The summed E-state index contributed by atoms with van der Waals surface area (Å²) in [5.74, 6) is 0.0190. The summed E-state index contributed by atoms with van der Waals surface area (Å²) in [4.78, 5) is 42.8. The number of ether oxygens (including phenoxy) is 1. The van der Waals surface area contributed by atoms with Crippen LogP contribution in [0, 0.1) is 0 Å². The minimum absolute atomic E-state index is 0.0172. The molecule has 0 saturated carbocycles. The number of aromatic nitrogens is 4. The van der Waals surface area contributed by atoms with Gasteiger partial charge >= 0.3 is 5.69 Å². The van der Waals surface area contributed by atoms with Crippen LogP contribution in [0.15, 0.2) is 15.9 Å². The van der Waals surface area contributed by atoms with E-state index < -0.39 is 11.2 Å². The third-order valence-electron chi connectivity index (χ3n) is 4.56. The maximum absolute atomic E-state index is 12.5. The first-order valence-corrected chi connectivity index (χ1v) is 8.33. The van der Waals surface area contributed by atoms with Crippen molar-refractivity contribution in [1.82, 2.24) is 23.6 Å². The molecular weight excluding hydrogens is 326 g/mol. The SMILES string of the molecule is CC1CN(C(=O)CCn2cnc3c2c(=O)n(C)c(=O)n3C)CC(C)O1. The van der Waals surface area contributed by atoms with Crippen molar-refractivity contribution in [1.29, 1.82) is 0 Å². The third kappa shape index (κ3) is 3.11. The van der Waals surface area contributed by atoms with Crippen LogP contribution in [0.5, 0.6) is 0 Å². The fraction of sp³-hybridized carbons (Fsp3) is 0.625. The molecule has 2 aromatic heterocycles. The normalized spacial score (nSPS) is 21.0. The van der Waals surface area contributed by atoms with Gasteiger partial charge in [0.15, 0.2) is 11.2 Å². The van der Waals surface area contributed by atoms with Crippen LogP contribution >= 0.6 is 0 Å². The molecular formula is C16H23N5O4. The molecule has 9 heteroatoms. The summed E-state index contributed by atoms with van der Waals surface area (Å²) < 4.78 is 9.67. The molecule has 1 fully saturated rings. The number of imidazole rings is 1. The Bertz CT molecular complexity index is 915. The predicted molar refractivity (Wildman–Crippen MR) is 91.4 cm³/mol. The first-order valence-electron chi connectivity index (χ1n) is 8.33. The topological polar surface area (TPSA) is 91.4 Å². The largest absolute Gasteiger partial charge is 0.372 e. The van der Waals surface area contributed by atoms with Crippen molar-refractivity contribution < 1.29 is 9.53 Å². The Balaban J connectivity index is 1.81. The van der Waals surface area contributed by atoms with Gasteiger partial charge in [-0.05, 0) is 13.8 Å². The summed E-state index contributed by atoms with van der Waals surface area (Å²) in [6, 6.07) is 0. The van der Waals surface area contributed by atoms with Gasteiger partial charge < -0.3 is 14.2 Å². The fourth-order valence-corrected chi connectivity index (χ4v) is 3.32. The number of fused-ring (bicyclic) bond motifs is 1. The molecule has 1 amide bonds. The van der Waals surface area contributed by atoms with Gasteiger partial charge in [-0.1, -0.05) is 0 Å². The van der Waals surface area contributed by atoms with E-state index in [-0.39, 0.29) is 24.5 Å². The maximum Gasteiger partial charge on any atom is 0.332 e. The van der Waals surface area contributed by atoms with Gasteiger partial charge in [-0.2, -0.15) is 0 Å². The summed E-state index contributed by atoms with van der Waals surface area (Å²) in [5.41, 5.74) is -0.165. The number of carbonyl (C=O) groups is 1. The average molecular weight is 349 g/mol. The quantitative estimate of drug-likeness (QED) is 0.742. The molecule has 3 heterocycles. The monoisotopic (exact) mass is 349 g/mol. The maximum atomic E-state index is 12.5. The number of amides is 1. The van der Waals surface area contributed by atoms with Crippen LogP contribution in [0.3, 0.4) is 0 Å². The van der Waals surface area contributed by atoms with Crippen LogP contribution in [-0.4, -0.2) is 54.8 Å². The van der Waals surface area contributed by atoms with Crippen LogP contribution < -0.4 is 11.2 Å². The molecule has 0 radical (unpaired) electrons. The van der Waals surface area contributed by atoms with Crippen molar-refractivity contribution in [3.05, 3.63) is 27.2 Å². The number of rotatable bonds is 3. The highest BCUT2D eigenvalue weighted by Crippen LogP contribution is 2.13. The Kier molecular flexibility index (Phi) is 4.51. The number of hydrogen-bond acceptors (Lipinski definition) is 5. The molecule has 2 aromatic rings. The lowest BCUT2D eigenvalue weighted by Gasteiger charge is -2.35. The molecule has 9 nitrogen and oxygen atoms in total. The second-order valence-electron chi connectivity index (χ2n) is 6.62. The molecule has 0 aliphatic carbocycles. The van der Waals surface area contributed by atoms with E-state index in [1.165, 1.54) is 17.9 Å². The molecule has 136 valence electrons. The lowest BCUT2D eigenvalue weighted by molar-refractivity contribution is -0.143. The number of carbonyl (C=O) groups excluding carboxylic acids is 1. The van der Waals surface area contributed by atoms with Gasteiger partial charge in [0.1, 0.15) is 0 Å². The second-order valence-corrected chi connectivity index (χ2v) is 6.62. The summed E-state index contributed by atoms with van der Waals surface area (Å²) in [6.45, 7) is 5.38. The fourth-order valence-electron chi connectivity index (χ4n) is 3.32. The highest BCUT2D eigenvalue weighted by molar-refractivity contribution is 5.77. The van der Waals surface area contributed by atoms with Crippen molar-refractivity contribution >= 4 is 17.1 Å². The zero-order chi connectivity index (χ0) is 18.3. The Morgan fingerprint density at radius 2 is 1.84 bits per heavy atom. The minimum atomic E-state index is -0.421. The molecule has 0 bridgehead atoms. The Labute approximate surface area is 144 Å².